The van der Waals surface area contributed by atoms with Crippen LogP contribution in [0.1, 0.15) is 42.3 Å². The number of likely N-dealkylation sites (N-methyl/N-ethyl adjacent to an activating group) is 1. The van der Waals surface area contributed by atoms with Crippen LogP contribution in [0.15, 0.2) is 30.3 Å². The fraction of sp³-hybridized carbons (Fsp3) is 0.391. The number of hydrogen-bond acceptors (Lipinski definition) is 7. The third kappa shape index (κ3) is 5.26. The topological polar surface area (TPSA) is 85.9 Å². The number of halogens is 1. The van der Waals surface area contributed by atoms with Gasteiger partial charge in [0, 0.05) is 42.3 Å². The number of nitrogens with zero attached hydrogens (tertiary/aromatic N) is 6. The van der Waals surface area contributed by atoms with Crippen LogP contribution in [0.3, 0.4) is 0 Å². The van der Waals surface area contributed by atoms with Gasteiger partial charge in [-0.05, 0) is 56.6 Å². The number of H-pyrrole nitrogens is 1. The van der Waals surface area contributed by atoms with Crippen molar-refractivity contribution in [3.63, 3.8) is 0 Å². The molecule has 8 nitrogen and oxygen atoms in total. The monoisotopic (exact) mass is 450 g/mol. The minimum atomic E-state index is 0.493. The number of benzene rings is 1. The maximum absolute atomic E-state index is 6.12. The van der Waals surface area contributed by atoms with Crippen molar-refractivity contribution >= 4 is 41.5 Å². The lowest BCUT2D eigenvalue weighted by atomic mass is 10.2. The minimum absolute atomic E-state index is 0.493. The summed E-state index contributed by atoms with van der Waals surface area (Å²) in [7, 11) is 2.15. The van der Waals surface area contributed by atoms with Crippen LogP contribution >= 0.6 is 11.6 Å². The van der Waals surface area contributed by atoms with E-state index in [4.69, 9.17) is 21.6 Å². The molecule has 1 aliphatic carbocycles. The van der Waals surface area contributed by atoms with Gasteiger partial charge in [0.2, 0.25) is 11.9 Å². The van der Waals surface area contributed by atoms with Gasteiger partial charge in [0.25, 0.3) is 0 Å². The molecule has 0 spiro atoms. The summed E-state index contributed by atoms with van der Waals surface area (Å²) in [5.41, 5.74) is 2.16. The number of anilines is 3. The second-order valence-electron chi connectivity index (χ2n) is 8.46. The number of aromatic nitrogens is 5. The number of nitrogens with one attached hydrogen (secondary N) is 2. The molecule has 2 fully saturated rings. The molecule has 1 saturated carbocycles. The number of hydrogen-bond donors (Lipinski definition) is 2. The first-order chi connectivity index (χ1) is 15.6. The molecule has 0 amide bonds. The van der Waals surface area contributed by atoms with Gasteiger partial charge in [-0.1, -0.05) is 29.8 Å². The van der Waals surface area contributed by atoms with Crippen molar-refractivity contribution in [2.75, 3.05) is 43.4 Å². The van der Waals surface area contributed by atoms with Crippen molar-refractivity contribution in [1.29, 1.82) is 0 Å². The standard InChI is InChI=1S/C23H27ClN8/c1-31-10-3-11-32(13-12-31)23-27-20(9-6-16-4-2-5-18(24)14-16)25-22(28-23)26-21-15-19(29-30-21)17-7-8-17/h2,4-6,9,14-15,17H,3,7-8,10-13H2,1H3,(H2,25,26,27,28,29,30)/b9-6+. The quantitative estimate of drug-likeness (QED) is 0.582. The van der Waals surface area contributed by atoms with E-state index >= 15 is 0 Å². The SMILES string of the molecule is CN1CCCN(c2nc(/C=C/c3cccc(Cl)c3)nc(Nc3cc(C4CC4)[nH]n3)n2)CC1. The van der Waals surface area contributed by atoms with Crippen molar-refractivity contribution in [3.8, 4) is 0 Å². The van der Waals surface area contributed by atoms with E-state index in [2.05, 4.69) is 37.3 Å². The van der Waals surface area contributed by atoms with Crippen LogP contribution in [0.5, 0.6) is 0 Å². The van der Waals surface area contributed by atoms with Crippen LogP contribution in [0.2, 0.25) is 5.02 Å². The Morgan fingerprint density at radius 3 is 2.81 bits per heavy atom. The van der Waals surface area contributed by atoms with E-state index < -0.39 is 0 Å². The Morgan fingerprint density at radius 2 is 1.97 bits per heavy atom. The smallest absolute Gasteiger partial charge is 0.233 e. The van der Waals surface area contributed by atoms with Crippen LogP contribution < -0.4 is 10.2 Å². The Morgan fingerprint density at radius 1 is 1.06 bits per heavy atom. The zero-order chi connectivity index (χ0) is 21.9. The van der Waals surface area contributed by atoms with Crippen LogP contribution in [0, 0.1) is 0 Å². The maximum atomic E-state index is 6.12. The van der Waals surface area contributed by atoms with Crippen LogP contribution in [-0.4, -0.2) is 63.3 Å². The molecule has 1 saturated heterocycles. The number of aromatic amines is 1. The number of rotatable bonds is 6. The predicted octanol–water partition coefficient (Wildman–Crippen LogP) is 4.18. The van der Waals surface area contributed by atoms with Gasteiger partial charge in [-0.2, -0.15) is 20.1 Å². The summed E-state index contributed by atoms with van der Waals surface area (Å²) in [6.45, 7) is 3.85. The molecular formula is C23H27ClN8. The molecule has 1 aliphatic heterocycles. The predicted molar refractivity (Wildman–Crippen MR) is 128 cm³/mol. The van der Waals surface area contributed by atoms with Gasteiger partial charge in [0.1, 0.15) is 0 Å². The minimum Gasteiger partial charge on any atom is -0.339 e. The lowest BCUT2D eigenvalue weighted by Gasteiger charge is -2.21. The third-order valence-corrected chi connectivity index (χ3v) is 6.01. The zero-order valence-corrected chi connectivity index (χ0v) is 18.9. The normalized spacial score (nSPS) is 17.6. The molecule has 2 aliphatic rings. The molecule has 5 rings (SSSR count). The second-order valence-corrected chi connectivity index (χ2v) is 8.89. The summed E-state index contributed by atoms with van der Waals surface area (Å²) in [6.07, 6.45) is 7.37. The van der Waals surface area contributed by atoms with Gasteiger partial charge >= 0.3 is 0 Å². The molecule has 0 radical (unpaired) electrons. The van der Waals surface area contributed by atoms with Crippen LogP contribution in [0.4, 0.5) is 17.7 Å². The summed E-state index contributed by atoms with van der Waals surface area (Å²) in [5, 5.41) is 11.5. The fourth-order valence-corrected chi connectivity index (χ4v) is 4.00. The molecule has 9 heteroatoms. The highest BCUT2D eigenvalue weighted by Gasteiger charge is 2.25. The Kier molecular flexibility index (Phi) is 6.05. The van der Waals surface area contributed by atoms with E-state index in [1.165, 1.54) is 18.5 Å². The zero-order valence-electron chi connectivity index (χ0n) is 18.1. The molecule has 3 aromatic rings. The van der Waals surface area contributed by atoms with E-state index in [0.717, 1.165) is 44.0 Å². The Labute approximate surface area is 192 Å². The van der Waals surface area contributed by atoms with Gasteiger partial charge in [-0.3, -0.25) is 5.10 Å². The first-order valence-electron chi connectivity index (χ1n) is 11.1. The van der Waals surface area contributed by atoms with Gasteiger partial charge in [0.15, 0.2) is 11.6 Å². The first kappa shape index (κ1) is 20.9. The highest BCUT2D eigenvalue weighted by Crippen LogP contribution is 2.39. The molecule has 2 N–H and O–H groups in total. The molecule has 0 atom stereocenters. The molecule has 1 aromatic carbocycles. The van der Waals surface area contributed by atoms with E-state index in [-0.39, 0.29) is 0 Å². The molecule has 166 valence electrons. The van der Waals surface area contributed by atoms with Crippen LogP contribution in [0.25, 0.3) is 12.2 Å². The lowest BCUT2D eigenvalue weighted by molar-refractivity contribution is 0.360. The highest BCUT2D eigenvalue weighted by molar-refractivity contribution is 6.30. The van der Waals surface area contributed by atoms with Gasteiger partial charge in [-0.15, -0.1) is 0 Å². The maximum Gasteiger partial charge on any atom is 0.233 e. The molecule has 3 heterocycles. The van der Waals surface area contributed by atoms with E-state index in [1.54, 1.807) is 0 Å². The summed E-state index contributed by atoms with van der Waals surface area (Å²) in [6, 6.07) is 9.74. The fourth-order valence-electron chi connectivity index (χ4n) is 3.80. The average Bonchev–Trinajstić information content (AvgIpc) is 3.57. The van der Waals surface area contributed by atoms with Crippen molar-refractivity contribution in [3.05, 3.63) is 52.4 Å². The van der Waals surface area contributed by atoms with Crippen molar-refractivity contribution in [2.45, 2.75) is 25.2 Å². The third-order valence-electron chi connectivity index (χ3n) is 5.77. The molecule has 0 unspecified atom stereocenters. The van der Waals surface area contributed by atoms with E-state index in [0.29, 0.717) is 28.7 Å². The van der Waals surface area contributed by atoms with Crippen molar-refractivity contribution < 1.29 is 0 Å². The van der Waals surface area contributed by atoms with Gasteiger partial charge in [-0.25, -0.2) is 0 Å². The summed E-state index contributed by atoms with van der Waals surface area (Å²) >= 11 is 6.12. The second kappa shape index (κ2) is 9.26. The lowest BCUT2D eigenvalue weighted by Crippen LogP contribution is -2.30. The largest absolute Gasteiger partial charge is 0.339 e. The molecule has 0 bridgehead atoms. The van der Waals surface area contributed by atoms with E-state index in [9.17, 15) is 0 Å². The summed E-state index contributed by atoms with van der Waals surface area (Å²) < 4.78 is 0. The van der Waals surface area contributed by atoms with Crippen LogP contribution in [-0.2, 0) is 0 Å². The summed E-state index contributed by atoms with van der Waals surface area (Å²) in [4.78, 5) is 18.7. The van der Waals surface area contributed by atoms with E-state index in [1.807, 2.05) is 42.5 Å². The Hall–Kier alpha value is -2.97. The average molecular weight is 451 g/mol. The molecular weight excluding hydrogens is 424 g/mol. The first-order valence-corrected chi connectivity index (χ1v) is 11.5. The van der Waals surface area contributed by atoms with Crippen molar-refractivity contribution in [2.24, 2.45) is 0 Å². The summed E-state index contributed by atoms with van der Waals surface area (Å²) in [5.74, 6) is 3.10. The highest BCUT2D eigenvalue weighted by atomic mass is 35.5. The van der Waals surface area contributed by atoms with Crippen molar-refractivity contribution in [1.82, 2.24) is 30.0 Å². The Balaban J connectivity index is 1.43. The van der Waals surface area contributed by atoms with Gasteiger partial charge in [0.05, 0.1) is 0 Å². The molecule has 32 heavy (non-hydrogen) atoms. The van der Waals surface area contributed by atoms with Gasteiger partial charge < -0.3 is 15.1 Å². The Bertz CT molecular complexity index is 1110. The molecule has 2 aromatic heterocycles.